The summed E-state index contributed by atoms with van der Waals surface area (Å²) in [5, 5.41) is 18.6. The molecular weight excluding hydrogens is 264 g/mol. The van der Waals surface area contributed by atoms with Gasteiger partial charge in [0.15, 0.2) is 11.5 Å². The molecule has 0 saturated carbocycles. The summed E-state index contributed by atoms with van der Waals surface area (Å²) in [7, 11) is 0. The van der Waals surface area contributed by atoms with Crippen molar-refractivity contribution in [1.29, 1.82) is 0 Å². The van der Waals surface area contributed by atoms with E-state index in [0.717, 1.165) is 0 Å². The van der Waals surface area contributed by atoms with Gasteiger partial charge in [-0.3, -0.25) is 10.2 Å². The third kappa shape index (κ3) is 2.71. The second kappa shape index (κ2) is 4.81. The van der Waals surface area contributed by atoms with Crippen LogP contribution < -0.4 is 11.3 Å². The maximum Gasteiger partial charge on any atom is 0.272 e. The van der Waals surface area contributed by atoms with Gasteiger partial charge in [-0.25, -0.2) is 5.84 Å². The molecule has 0 atom stereocenters. The topological polar surface area (TPSA) is 95.6 Å². The second-order valence-electron chi connectivity index (χ2n) is 2.68. The van der Waals surface area contributed by atoms with Gasteiger partial charge >= 0.3 is 0 Å². The van der Waals surface area contributed by atoms with Crippen molar-refractivity contribution >= 4 is 27.9 Å². The molecule has 0 heterocycles. The molecule has 0 bridgehead atoms. The smallest absolute Gasteiger partial charge is 0.272 e. The highest BCUT2D eigenvalue weighted by atomic mass is 79.9. The Morgan fingerprint density at radius 2 is 2.13 bits per heavy atom. The Kier molecular flexibility index (Phi) is 3.70. The number of para-hydroxylation sites is 1. The van der Waals surface area contributed by atoms with Crippen LogP contribution in [0.1, 0.15) is 5.56 Å². The highest BCUT2D eigenvalue weighted by Gasteiger charge is 2.07. The lowest BCUT2D eigenvalue weighted by Gasteiger charge is -2.02. The van der Waals surface area contributed by atoms with Gasteiger partial charge in [0.1, 0.15) is 0 Å². The molecule has 1 aromatic rings. The van der Waals surface area contributed by atoms with Crippen molar-refractivity contribution in [2.75, 3.05) is 0 Å². The van der Waals surface area contributed by atoms with Crippen LogP contribution in [-0.4, -0.2) is 16.1 Å². The van der Waals surface area contributed by atoms with Gasteiger partial charge in [-0.1, -0.05) is 12.1 Å². The highest BCUT2D eigenvalue weighted by Crippen LogP contribution is 2.30. The predicted molar refractivity (Wildman–Crippen MR) is 59.0 cm³/mol. The van der Waals surface area contributed by atoms with Gasteiger partial charge in [-0.15, -0.1) is 0 Å². The molecule has 0 aliphatic heterocycles. The fraction of sp³-hybridized carbons (Fsp3) is 0. The first-order valence-corrected chi connectivity index (χ1v) is 4.74. The molecule has 0 aliphatic rings. The van der Waals surface area contributed by atoms with Gasteiger partial charge in [0.25, 0.3) is 5.91 Å². The first-order chi connectivity index (χ1) is 7.06. The zero-order valence-corrected chi connectivity index (χ0v) is 9.15. The number of carbonyl (C=O) groups excluding carboxylic acids is 1. The van der Waals surface area contributed by atoms with Gasteiger partial charge in [0.05, 0.1) is 4.48 Å². The van der Waals surface area contributed by atoms with E-state index >= 15 is 0 Å². The van der Waals surface area contributed by atoms with Crippen molar-refractivity contribution in [2.24, 2.45) is 5.84 Å². The van der Waals surface area contributed by atoms with E-state index in [1.54, 1.807) is 12.1 Å². The predicted octanol–water partition coefficient (Wildman–Crippen LogP) is 0.824. The Labute approximate surface area is 94.3 Å². The van der Waals surface area contributed by atoms with Gasteiger partial charge in [0.2, 0.25) is 0 Å². The summed E-state index contributed by atoms with van der Waals surface area (Å²) in [4.78, 5) is 11.0. The van der Waals surface area contributed by atoms with Crippen molar-refractivity contribution in [3.8, 4) is 11.5 Å². The summed E-state index contributed by atoms with van der Waals surface area (Å²) in [6.45, 7) is 0. The minimum Gasteiger partial charge on any atom is -0.504 e. The number of hydrogen-bond donors (Lipinski definition) is 4. The van der Waals surface area contributed by atoms with Crippen molar-refractivity contribution in [2.45, 2.75) is 0 Å². The Morgan fingerprint density at radius 1 is 1.47 bits per heavy atom. The van der Waals surface area contributed by atoms with Crippen LogP contribution in [-0.2, 0) is 4.79 Å². The number of nitrogens with one attached hydrogen (secondary N) is 1. The Hall–Kier alpha value is -1.53. The van der Waals surface area contributed by atoms with Crippen LogP contribution in [0, 0.1) is 0 Å². The van der Waals surface area contributed by atoms with E-state index < -0.39 is 5.91 Å². The van der Waals surface area contributed by atoms with Crippen LogP contribution in [0.15, 0.2) is 22.7 Å². The van der Waals surface area contributed by atoms with Crippen LogP contribution in [0.4, 0.5) is 0 Å². The molecule has 6 heteroatoms. The molecule has 5 nitrogen and oxygen atoms in total. The van der Waals surface area contributed by atoms with Crippen LogP contribution in [0.25, 0.3) is 6.08 Å². The van der Waals surface area contributed by atoms with Gasteiger partial charge < -0.3 is 10.2 Å². The van der Waals surface area contributed by atoms with Gasteiger partial charge in [0, 0.05) is 5.56 Å². The number of rotatable bonds is 2. The third-order valence-electron chi connectivity index (χ3n) is 1.68. The van der Waals surface area contributed by atoms with E-state index in [0.29, 0.717) is 5.56 Å². The fourth-order valence-electron chi connectivity index (χ4n) is 0.936. The molecule has 0 spiro atoms. The lowest BCUT2D eigenvalue weighted by atomic mass is 10.1. The Balaban J connectivity index is 3.08. The number of hydrazine groups is 1. The highest BCUT2D eigenvalue weighted by molar-refractivity contribution is 9.12. The maximum absolute atomic E-state index is 11.0. The fourth-order valence-corrected chi connectivity index (χ4v) is 1.30. The SMILES string of the molecule is NNC(=O)C(Br)=Cc1cccc(O)c1O. The Bertz CT molecular complexity index is 418. The molecule has 0 saturated heterocycles. The monoisotopic (exact) mass is 272 g/mol. The summed E-state index contributed by atoms with van der Waals surface area (Å²) in [6, 6.07) is 4.42. The number of halogens is 1. The number of benzene rings is 1. The third-order valence-corrected chi connectivity index (χ3v) is 2.27. The molecule has 0 radical (unpaired) electrons. The number of phenolic OH excluding ortho intramolecular Hbond substituents is 2. The van der Waals surface area contributed by atoms with E-state index in [1.165, 1.54) is 12.1 Å². The van der Waals surface area contributed by atoms with Gasteiger partial charge in [-0.2, -0.15) is 0 Å². The number of phenols is 2. The van der Waals surface area contributed by atoms with Crippen LogP contribution in [0.5, 0.6) is 11.5 Å². The first-order valence-electron chi connectivity index (χ1n) is 3.95. The largest absolute Gasteiger partial charge is 0.504 e. The van der Waals surface area contributed by atoms with Crippen LogP contribution in [0.2, 0.25) is 0 Å². The molecule has 1 aromatic carbocycles. The molecule has 80 valence electrons. The van der Waals surface area contributed by atoms with Crippen molar-refractivity contribution in [3.05, 3.63) is 28.2 Å². The molecule has 0 aromatic heterocycles. The quantitative estimate of drug-likeness (QED) is 0.211. The average Bonchev–Trinajstić information content (AvgIpc) is 2.23. The summed E-state index contributed by atoms with van der Waals surface area (Å²) < 4.78 is 0.144. The van der Waals surface area contributed by atoms with Crippen LogP contribution in [0.3, 0.4) is 0 Å². The van der Waals surface area contributed by atoms with Crippen molar-refractivity contribution in [3.63, 3.8) is 0 Å². The first kappa shape index (κ1) is 11.5. The zero-order valence-electron chi connectivity index (χ0n) is 7.57. The summed E-state index contributed by atoms with van der Waals surface area (Å²) >= 11 is 2.98. The average molecular weight is 273 g/mol. The van der Waals surface area contributed by atoms with E-state index in [4.69, 9.17) is 5.84 Å². The van der Waals surface area contributed by atoms with Crippen LogP contribution >= 0.6 is 15.9 Å². The molecule has 1 rings (SSSR count). The normalized spacial score (nSPS) is 11.2. The molecule has 0 aliphatic carbocycles. The van der Waals surface area contributed by atoms with E-state index in [1.807, 2.05) is 5.43 Å². The number of carbonyl (C=O) groups is 1. The zero-order chi connectivity index (χ0) is 11.4. The number of hydrogen-bond acceptors (Lipinski definition) is 4. The lowest BCUT2D eigenvalue weighted by molar-refractivity contribution is -0.116. The second-order valence-corrected chi connectivity index (χ2v) is 3.54. The molecule has 0 fully saturated rings. The Morgan fingerprint density at radius 3 is 2.73 bits per heavy atom. The van der Waals surface area contributed by atoms with E-state index in [2.05, 4.69) is 15.9 Å². The van der Waals surface area contributed by atoms with Gasteiger partial charge in [-0.05, 0) is 28.1 Å². The lowest BCUT2D eigenvalue weighted by Crippen LogP contribution is -2.29. The summed E-state index contributed by atoms with van der Waals surface area (Å²) in [5.74, 6) is 3.84. The molecule has 15 heavy (non-hydrogen) atoms. The standard InChI is InChI=1S/C9H9BrN2O3/c10-6(9(15)12-11)4-5-2-1-3-7(13)8(5)14/h1-4,13-14H,11H2,(H,12,15). The van der Waals surface area contributed by atoms with E-state index in [-0.39, 0.29) is 16.0 Å². The molecule has 0 unspecified atom stereocenters. The van der Waals surface area contributed by atoms with E-state index in [9.17, 15) is 15.0 Å². The minimum atomic E-state index is -0.530. The maximum atomic E-state index is 11.0. The summed E-state index contributed by atoms with van der Waals surface area (Å²) in [6.07, 6.45) is 1.34. The molecule has 5 N–H and O–H groups in total. The van der Waals surface area contributed by atoms with Crippen molar-refractivity contribution < 1.29 is 15.0 Å². The number of nitrogens with two attached hydrogens (primary N) is 1. The molecule has 1 amide bonds. The minimum absolute atomic E-state index is 0.144. The van der Waals surface area contributed by atoms with Crippen molar-refractivity contribution in [1.82, 2.24) is 5.43 Å². The number of amides is 1. The summed E-state index contributed by atoms with van der Waals surface area (Å²) in [5.41, 5.74) is 2.23. The number of aromatic hydroxyl groups is 2. The molecular formula is C9H9BrN2O3.